The van der Waals surface area contributed by atoms with E-state index in [-0.39, 0.29) is 6.10 Å². The fourth-order valence-corrected chi connectivity index (χ4v) is 1.68. The molecule has 2 aromatic heterocycles. The first-order valence-corrected chi connectivity index (χ1v) is 5.56. The van der Waals surface area contributed by atoms with Crippen LogP contribution in [0.2, 0.25) is 0 Å². The zero-order valence-corrected chi connectivity index (χ0v) is 10.0. The molecular formula is C11H17N5O. The molecule has 0 spiro atoms. The van der Waals surface area contributed by atoms with Gasteiger partial charge in [-0.3, -0.25) is 0 Å². The number of nitrogen functional groups attached to an aromatic ring is 1. The maximum atomic E-state index is 9.28. The minimum Gasteiger partial charge on any atom is -0.393 e. The van der Waals surface area contributed by atoms with Crippen LogP contribution in [0.25, 0.3) is 5.65 Å². The summed E-state index contributed by atoms with van der Waals surface area (Å²) in [6, 6.07) is 0. The van der Waals surface area contributed by atoms with Gasteiger partial charge in [0.2, 0.25) is 0 Å². The van der Waals surface area contributed by atoms with Crippen molar-refractivity contribution in [2.75, 3.05) is 24.2 Å². The van der Waals surface area contributed by atoms with Crippen LogP contribution in [0.3, 0.4) is 0 Å². The summed E-state index contributed by atoms with van der Waals surface area (Å²) >= 11 is 0. The van der Waals surface area contributed by atoms with Crippen molar-refractivity contribution in [3.63, 3.8) is 0 Å². The number of hydrogen-bond donors (Lipinski definition) is 2. The zero-order chi connectivity index (χ0) is 12.4. The van der Waals surface area contributed by atoms with Gasteiger partial charge in [0.25, 0.3) is 0 Å². The second-order valence-electron chi connectivity index (χ2n) is 4.21. The van der Waals surface area contributed by atoms with Gasteiger partial charge in [0, 0.05) is 26.0 Å². The van der Waals surface area contributed by atoms with Crippen LogP contribution in [0.1, 0.15) is 13.3 Å². The highest BCUT2D eigenvalue weighted by atomic mass is 16.3. The molecule has 3 N–H and O–H groups in total. The summed E-state index contributed by atoms with van der Waals surface area (Å²) in [6.45, 7) is 2.47. The predicted molar refractivity (Wildman–Crippen MR) is 67.0 cm³/mol. The Bertz CT molecular complexity index is 508. The Balaban J connectivity index is 2.30. The van der Waals surface area contributed by atoms with Crippen LogP contribution in [0, 0.1) is 0 Å². The van der Waals surface area contributed by atoms with Gasteiger partial charge in [0.05, 0.1) is 12.3 Å². The van der Waals surface area contributed by atoms with E-state index in [2.05, 4.69) is 9.97 Å². The minimum atomic E-state index is -0.325. The van der Waals surface area contributed by atoms with E-state index in [4.69, 9.17) is 5.73 Å². The Morgan fingerprint density at radius 2 is 2.35 bits per heavy atom. The molecule has 1 atom stereocenters. The number of nitrogens with zero attached hydrogens (tertiary/aromatic N) is 4. The van der Waals surface area contributed by atoms with Gasteiger partial charge in [0.15, 0.2) is 11.5 Å². The van der Waals surface area contributed by atoms with Gasteiger partial charge < -0.3 is 20.1 Å². The number of aliphatic hydroxyl groups excluding tert-OH is 1. The summed E-state index contributed by atoms with van der Waals surface area (Å²) in [4.78, 5) is 10.5. The lowest BCUT2D eigenvalue weighted by Gasteiger charge is -2.19. The molecule has 0 aliphatic carbocycles. The summed E-state index contributed by atoms with van der Waals surface area (Å²) in [5.41, 5.74) is 6.51. The van der Waals surface area contributed by atoms with E-state index < -0.39 is 0 Å². The number of fused-ring (bicyclic) bond motifs is 1. The first-order chi connectivity index (χ1) is 8.08. The molecule has 2 heterocycles. The van der Waals surface area contributed by atoms with Gasteiger partial charge in [-0.2, -0.15) is 0 Å². The number of hydrogen-bond acceptors (Lipinski definition) is 5. The molecule has 0 amide bonds. The molecule has 2 aromatic rings. The lowest BCUT2D eigenvalue weighted by atomic mass is 10.3. The number of aromatic nitrogens is 3. The molecule has 0 saturated carbocycles. The van der Waals surface area contributed by atoms with Crippen molar-refractivity contribution >= 4 is 17.3 Å². The predicted octanol–water partition coefficient (Wildman–Crippen LogP) is 0.519. The highest BCUT2D eigenvalue weighted by Gasteiger charge is 2.11. The minimum absolute atomic E-state index is 0.325. The molecule has 6 heteroatoms. The van der Waals surface area contributed by atoms with Crippen molar-refractivity contribution in [3.05, 3.63) is 18.6 Å². The Kier molecular flexibility index (Phi) is 3.14. The van der Waals surface area contributed by atoms with Crippen LogP contribution in [0.4, 0.5) is 11.6 Å². The molecule has 6 nitrogen and oxygen atoms in total. The van der Waals surface area contributed by atoms with Crippen molar-refractivity contribution < 1.29 is 5.11 Å². The summed E-state index contributed by atoms with van der Waals surface area (Å²) in [7, 11) is 1.92. The van der Waals surface area contributed by atoms with E-state index >= 15 is 0 Å². The molecule has 0 aliphatic heterocycles. The topological polar surface area (TPSA) is 79.7 Å². The average Bonchev–Trinajstić information content (AvgIpc) is 2.72. The molecular weight excluding hydrogens is 218 g/mol. The Hall–Kier alpha value is -1.82. The molecule has 0 fully saturated rings. The first kappa shape index (κ1) is 11.7. The molecule has 0 aliphatic rings. The Morgan fingerprint density at radius 1 is 1.59 bits per heavy atom. The Morgan fingerprint density at radius 3 is 3.06 bits per heavy atom. The summed E-state index contributed by atoms with van der Waals surface area (Å²) in [5.74, 6) is 1.19. The summed E-state index contributed by atoms with van der Waals surface area (Å²) in [6.07, 6.45) is 5.63. The molecule has 0 aromatic carbocycles. The maximum Gasteiger partial charge on any atom is 0.180 e. The quantitative estimate of drug-likeness (QED) is 0.807. The summed E-state index contributed by atoms with van der Waals surface area (Å²) in [5, 5.41) is 9.28. The van der Waals surface area contributed by atoms with Crippen molar-refractivity contribution in [3.8, 4) is 0 Å². The van der Waals surface area contributed by atoms with Crippen molar-refractivity contribution in [2.45, 2.75) is 19.4 Å². The molecule has 0 radical (unpaired) electrons. The zero-order valence-electron chi connectivity index (χ0n) is 10.0. The second kappa shape index (κ2) is 4.58. The van der Waals surface area contributed by atoms with Crippen LogP contribution in [-0.4, -0.2) is 39.2 Å². The van der Waals surface area contributed by atoms with E-state index in [0.717, 1.165) is 11.5 Å². The largest absolute Gasteiger partial charge is 0.393 e. The number of nitrogens with two attached hydrogens (primary N) is 1. The average molecular weight is 235 g/mol. The maximum absolute atomic E-state index is 9.28. The van der Waals surface area contributed by atoms with E-state index in [1.165, 1.54) is 0 Å². The van der Waals surface area contributed by atoms with Gasteiger partial charge in [-0.05, 0) is 13.3 Å². The molecule has 0 saturated heterocycles. The third kappa shape index (κ3) is 2.47. The lowest BCUT2D eigenvalue weighted by Crippen LogP contribution is -2.23. The third-order valence-corrected chi connectivity index (χ3v) is 2.62. The van der Waals surface area contributed by atoms with Crippen molar-refractivity contribution in [2.24, 2.45) is 0 Å². The van der Waals surface area contributed by atoms with E-state index in [0.29, 0.717) is 18.8 Å². The lowest BCUT2D eigenvalue weighted by molar-refractivity contribution is 0.187. The van der Waals surface area contributed by atoms with Crippen LogP contribution in [0.5, 0.6) is 0 Å². The summed E-state index contributed by atoms with van der Waals surface area (Å²) < 4.78 is 1.84. The smallest absolute Gasteiger partial charge is 0.180 e. The fraction of sp³-hybridized carbons (Fsp3) is 0.455. The van der Waals surface area contributed by atoms with E-state index in [1.807, 2.05) is 22.5 Å². The molecule has 1 unspecified atom stereocenters. The number of imidazole rings is 1. The third-order valence-electron chi connectivity index (χ3n) is 2.62. The first-order valence-electron chi connectivity index (χ1n) is 5.56. The van der Waals surface area contributed by atoms with Crippen LogP contribution < -0.4 is 10.6 Å². The Labute approximate surface area is 99.7 Å². The van der Waals surface area contributed by atoms with Gasteiger partial charge in [-0.1, -0.05) is 0 Å². The number of aliphatic hydroxyl groups is 1. The van der Waals surface area contributed by atoms with Gasteiger partial charge >= 0.3 is 0 Å². The van der Waals surface area contributed by atoms with Crippen molar-refractivity contribution in [1.82, 2.24) is 14.4 Å². The van der Waals surface area contributed by atoms with Gasteiger partial charge in [0.1, 0.15) is 5.82 Å². The number of rotatable bonds is 4. The standard InChI is InChI=1S/C11H17N5O/c1-8(17)3-5-15(2)11-10-13-4-6-16(10)7-9(12)14-11/h4,6-8,17H,3,5,12H2,1-2H3. The molecule has 17 heavy (non-hydrogen) atoms. The molecule has 92 valence electrons. The second-order valence-corrected chi connectivity index (χ2v) is 4.21. The van der Waals surface area contributed by atoms with E-state index in [9.17, 15) is 5.11 Å². The van der Waals surface area contributed by atoms with Gasteiger partial charge in [-0.15, -0.1) is 0 Å². The SMILES string of the molecule is CC(O)CCN(C)c1nc(N)cn2ccnc12. The van der Waals surface area contributed by atoms with Crippen LogP contribution in [0.15, 0.2) is 18.6 Å². The monoisotopic (exact) mass is 235 g/mol. The van der Waals surface area contributed by atoms with E-state index in [1.54, 1.807) is 19.3 Å². The van der Waals surface area contributed by atoms with Crippen molar-refractivity contribution in [1.29, 1.82) is 0 Å². The molecule has 0 bridgehead atoms. The van der Waals surface area contributed by atoms with Gasteiger partial charge in [-0.25, -0.2) is 9.97 Å². The molecule has 2 rings (SSSR count). The van der Waals surface area contributed by atoms with Crippen LogP contribution in [-0.2, 0) is 0 Å². The normalized spacial score (nSPS) is 12.9. The highest BCUT2D eigenvalue weighted by Crippen LogP contribution is 2.18. The number of anilines is 2. The highest BCUT2D eigenvalue weighted by molar-refractivity contribution is 5.65. The fourth-order valence-electron chi connectivity index (χ4n) is 1.68. The van der Waals surface area contributed by atoms with Crippen LogP contribution >= 0.6 is 0 Å².